The van der Waals surface area contributed by atoms with Crippen molar-refractivity contribution >= 4 is 44.1 Å². The number of fused-ring (bicyclic) bond motifs is 1. The zero-order chi connectivity index (χ0) is 26.3. The van der Waals surface area contributed by atoms with Gasteiger partial charge in [0.05, 0.1) is 35.5 Å². The third-order valence-corrected chi connectivity index (χ3v) is 7.38. The molecule has 1 saturated heterocycles. The Labute approximate surface area is 218 Å². The van der Waals surface area contributed by atoms with Crippen LogP contribution < -0.4 is 14.4 Å². The normalized spacial score (nSPS) is 17.0. The molecular weight excluding hydrogens is 488 g/mol. The zero-order valence-electron chi connectivity index (χ0n) is 20.9. The lowest BCUT2D eigenvalue weighted by Gasteiger charge is -2.23. The molecule has 5 rings (SSSR count). The molecule has 1 N–H and O–H groups in total. The SMILES string of the molecule is CCOc1ccc(/C(O)=C2\C(=O)C(=O)N(c3nc4ccc(C)cc4s3)C2c2ccc(OC)cc2)cc1C. The monoisotopic (exact) mass is 514 g/mol. The van der Waals surface area contributed by atoms with Crippen LogP contribution >= 0.6 is 11.3 Å². The van der Waals surface area contributed by atoms with E-state index >= 15 is 0 Å². The minimum absolute atomic E-state index is 0.00848. The highest BCUT2D eigenvalue weighted by Gasteiger charge is 2.48. The second-order valence-electron chi connectivity index (χ2n) is 8.82. The lowest BCUT2D eigenvalue weighted by Crippen LogP contribution is -2.29. The number of thiazole rings is 1. The molecule has 0 bridgehead atoms. The number of methoxy groups -OCH3 is 1. The lowest BCUT2D eigenvalue weighted by atomic mass is 9.95. The maximum atomic E-state index is 13.5. The van der Waals surface area contributed by atoms with Crippen LogP contribution in [-0.4, -0.2) is 35.5 Å². The van der Waals surface area contributed by atoms with E-state index in [1.165, 1.54) is 16.2 Å². The number of anilines is 1. The lowest BCUT2D eigenvalue weighted by molar-refractivity contribution is -0.132. The van der Waals surface area contributed by atoms with E-state index in [1.54, 1.807) is 49.6 Å². The second-order valence-corrected chi connectivity index (χ2v) is 9.83. The molecule has 1 unspecified atom stereocenters. The maximum Gasteiger partial charge on any atom is 0.301 e. The number of aromatic nitrogens is 1. The number of hydrogen-bond donors (Lipinski definition) is 1. The van der Waals surface area contributed by atoms with E-state index in [4.69, 9.17) is 9.47 Å². The maximum absolute atomic E-state index is 13.5. The molecule has 4 aromatic rings. The van der Waals surface area contributed by atoms with Crippen molar-refractivity contribution in [2.45, 2.75) is 26.8 Å². The van der Waals surface area contributed by atoms with Gasteiger partial charge in [0.2, 0.25) is 0 Å². The third kappa shape index (κ3) is 4.34. The fourth-order valence-electron chi connectivity index (χ4n) is 4.52. The van der Waals surface area contributed by atoms with Gasteiger partial charge in [0, 0.05) is 5.56 Å². The average Bonchev–Trinajstić information content (AvgIpc) is 3.42. The summed E-state index contributed by atoms with van der Waals surface area (Å²) in [6.07, 6.45) is 0. The van der Waals surface area contributed by atoms with Crippen molar-refractivity contribution in [1.82, 2.24) is 4.98 Å². The Hall–Kier alpha value is -4.17. The van der Waals surface area contributed by atoms with E-state index in [-0.39, 0.29) is 11.3 Å². The summed E-state index contributed by atoms with van der Waals surface area (Å²) in [6, 6.07) is 17.3. The Morgan fingerprint density at radius 1 is 1.05 bits per heavy atom. The highest BCUT2D eigenvalue weighted by molar-refractivity contribution is 7.22. The van der Waals surface area contributed by atoms with Gasteiger partial charge in [-0.1, -0.05) is 29.5 Å². The Morgan fingerprint density at radius 2 is 1.81 bits per heavy atom. The number of aryl methyl sites for hydroxylation is 2. The number of rotatable bonds is 6. The summed E-state index contributed by atoms with van der Waals surface area (Å²) in [5.41, 5.74) is 3.71. The van der Waals surface area contributed by atoms with Gasteiger partial charge in [0.1, 0.15) is 17.3 Å². The first-order valence-electron chi connectivity index (χ1n) is 11.9. The zero-order valence-corrected chi connectivity index (χ0v) is 21.8. The highest BCUT2D eigenvalue weighted by Crippen LogP contribution is 2.44. The molecule has 3 aromatic carbocycles. The highest BCUT2D eigenvalue weighted by atomic mass is 32.1. The first kappa shape index (κ1) is 24.5. The molecular formula is C29H26N2O5S. The molecule has 1 aliphatic rings. The number of amides is 1. The number of nitrogens with zero attached hydrogens (tertiary/aromatic N) is 2. The van der Waals surface area contributed by atoms with E-state index in [2.05, 4.69) is 4.98 Å². The standard InChI is InChI=1S/C29H26N2O5S/c1-5-36-22-13-9-19(15-17(22)3)26(32)24-25(18-7-10-20(35-4)11-8-18)31(28(34)27(24)33)29-30-21-12-6-16(2)14-23(21)37-29/h6-15,25,32H,5H2,1-4H3/b26-24+. The summed E-state index contributed by atoms with van der Waals surface area (Å²) in [5, 5.41) is 11.8. The van der Waals surface area contributed by atoms with E-state index < -0.39 is 17.7 Å². The summed E-state index contributed by atoms with van der Waals surface area (Å²) in [5.74, 6) is -0.417. The van der Waals surface area contributed by atoms with Crippen LogP contribution in [0.2, 0.25) is 0 Å². The number of aliphatic hydroxyl groups excluding tert-OH is 1. The topological polar surface area (TPSA) is 89.0 Å². The van der Waals surface area contributed by atoms with Crippen LogP contribution in [-0.2, 0) is 9.59 Å². The first-order valence-corrected chi connectivity index (χ1v) is 12.7. The molecule has 0 aliphatic carbocycles. The van der Waals surface area contributed by atoms with Crippen LogP contribution in [0.4, 0.5) is 5.13 Å². The number of hydrogen-bond acceptors (Lipinski definition) is 7. The smallest absolute Gasteiger partial charge is 0.301 e. The van der Waals surface area contributed by atoms with Crippen molar-refractivity contribution in [2.75, 3.05) is 18.6 Å². The largest absolute Gasteiger partial charge is 0.507 e. The number of Topliss-reactive ketones (excluding diaryl/α,β-unsaturated/α-hetero) is 1. The Bertz CT molecular complexity index is 1550. The predicted octanol–water partition coefficient (Wildman–Crippen LogP) is 5.95. The van der Waals surface area contributed by atoms with Crippen molar-refractivity contribution in [2.24, 2.45) is 0 Å². The molecule has 1 atom stereocenters. The molecule has 8 heteroatoms. The number of ether oxygens (including phenoxy) is 2. The molecule has 1 aliphatic heterocycles. The summed E-state index contributed by atoms with van der Waals surface area (Å²) in [7, 11) is 1.57. The Morgan fingerprint density at radius 3 is 2.49 bits per heavy atom. The van der Waals surface area contributed by atoms with Gasteiger partial charge in [-0.2, -0.15) is 0 Å². The van der Waals surface area contributed by atoms with Crippen molar-refractivity contribution in [3.05, 3.63) is 88.5 Å². The van der Waals surface area contributed by atoms with Crippen LogP contribution in [0.5, 0.6) is 11.5 Å². The van der Waals surface area contributed by atoms with Crippen LogP contribution in [0.25, 0.3) is 16.0 Å². The molecule has 37 heavy (non-hydrogen) atoms. The molecule has 0 radical (unpaired) electrons. The van der Waals surface area contributed by atoms with Crippen molar-refractivity contribution < 1.29 is 24.2 Å². The molecule has 0 spiro atoms. The first-order chi connectivity index (χ1) is 17.8. The molecule has 1 fully saturated rings. The minimum atomic E-state index is -0.862. The number of aliphatic hydroxyl groups is 1. The van der Waals surface area contributed by atoms with Crippen LogP contribution in [0.3, 0.4) is 0 Å². The van der Waals surface area contributed by atoms with E-state index in [0.717, 1.165) is 21.3 Å². The van der Waals surface area contributed by atoms with Gasteiger partial charge in [-0.25, -0.2) is 4.98 Å². The van der Waals surface area contributed by atoms with Gasteiger partial charge in [0.15, 0.2) is 5.13 Å². The number of carbonyl (C=O) groups is 2. The van der Waals surface area contributed by atoms with Crippen molar-refractivity contribution in [1.29, 1.82) is 0 Å². The van der Waals surface area contributed by atoms with Crippen molar-refractivity contribution in [3.8, 4) is 11.5 Å². The fourth-order valence-corrected chi connectivity index (χ4v) is 5.61. The Kier molecular flexibility index (Phi) is 6.43. The van der Waals surface area contributed by atoms with Gasteiger partial charge in [0.25, 0.3) is 5.78 Å². The quantitative estimate of drug-likeness (QED) is 0.194. The van der Waals surface area contributed by atoms with Gasteiger partial charge < -0.3 is 14.6 Å². The van der Waals surface area contributed by atoms with Crippen LogP contribution in [0, 0.1) is 13.8 Å². The van der Waals surface area contributed by atoms with Gasteiger partial charge in [-0.3, -0.25) is 14.5 Å². The van der Waals surface area contributed by atoms with E-state index in [9.17, 15) is 14.7 Å². The van der Waals surface area contributed by atoms with Crippen LogP contribution in [0.15, 0.2) is 66.2 Å². The molecule has 1 aromatic heterocycles. The van der Waals surface area contributed by atoms with Gasteiger partial charge in [-0.05, 0) is 79.9 Å². The molecule has 2 heterocycles. The molecule has 7 nitrogen and oxygen atoms in total. The third-order valence-electron chi connectivity index (χ3n) is 6.36. The minimum Gasteiger partial charge on any atom is -0.507 e. The summed E-state index contributed by atoms with van der Waals surface area (Å²) in [6.45, 7) is 6.26. The number of benzene rings is 3. The van der Waals surface area contributed by atoms with Crippen molar-refractivity contribution in [3.63, 3.8) is 0 Å². The summed E-state index contributed by atoms with van der Waals surface area (Å²) >= 11 is 1.34. The second kappa shape index (κ2) is 9.71. The van der Waals surface area contributed by atoms with Gasteiger partial charge >= 0.3 is 5.91 Å². The average molecular weight is 515 g/mol. The number of ketones is 1. The predicted molar refractivity (Wildman–Crippen MR) is 144 cm³/mol. The fraction of sp³-hybridized carbons (Fsp3) is 0.207. The summed E-state index contributed by atoms with van der Waals surface area (Å²) < 4.78 is 11.8. The summed E-state index contributed by atoms with van der Waals surface area (Å²) in [4.78, 5) is 33.0. The molecule has 1 amide bonds. The van der Waals surface area contributed by atoms with Crippen LogP contribution in [0.1, 0.15) is 35.2 Å². The van der Waals surface area contributed by atoms with Gasteiger partial charge in [-0.15, -0.1) is 0 Å². The Balaban J connectivity index is 1.69. The number of carbonyl (C=O) groups excluding carboxylic acids is 2. The van der Waals surface area contributed by atoms with E-state index in [1.807, 2.05) is 39.0 Å². The van der Waals surface area contributed by atoms with E-state index in [0.29, 0.717) is 34.4 Å². The molecule has 0 saturated carbocycles. The molecule has 188 valence electrons.